The van der Waals surface area contributed by atoms with Crippen molar-refractivity contribution in [2.24, 2.45) is 0 Å². The van der Waals surface area contributed by atoms with E-state index in [2.05, 4.69) is 10.1 Å². The molecule has 5 nitrogen and oxygen atoms in total. The van der Waals surface area contributed by atoms with Crippen LogP contribution in [0.15, 0.2) is 53.4 Å². The molecule has 11 heteroatoms. The van der Waals surface area contributed by atoms with Crippen molar-refractivity contribution in [2.75, 3.05) is 11.6 Å². The number of halogens is 4. The molecule has 0 heterocycles. The fourth-order valence-corrected chi connectivity index (χ4v) is 5.61. The van der Waals surface area contributed by atoms with Gasteiger partial charge in [-0.2, -0.15) is 8.78 Å². The van der Waals surface area contributed by atoms with Gasteiger partial charge in [0.15, 0.2) is 5.78 Å². The summed E-state index contributed by atoms with van der Waals surface area (Å²) >= 11 is 6.39. The first-order valence-electron chi connectivity index (χ1n) is 10.2. The Bertz CT molecular complexity index is 916. The third-order valence-corrected chi connectivity index (χ3v) is 7.62. The zero-order valence-electron chi connectivity index (χ0n) is 18.9. The third-order valence-electron chi connectivity index (χ3n) is 4.13. The maximum atomic E-state index is 13.9. The molecule has 33 heavy (non-hydrogen) atoms. The summed E-state index contributed by atoms with van der Waals surface area (Å²) in [4.78, 5) is 1.02. The van der Waals surface area contributed by atoms with Gasteiger partial charge in [-0.15, -0.1) is 11.8 Å². The first-order chi connectivity index (χ1) is 15.4. The predicted octanol–water partition coefficient (Wildman–Crippen LogP) is 8.07. The standard InChI is InChI=1S/C22H28ClF3NO4PS/c1-14(2)30-32(28,31-15(3)4)20(16-6-12-19(33-5)13-7-16)27-17-8-10-18(11-9-17)29-22(25,26)21(23)24/h6-15,20-21,27H,1-5H3. The molecule has 2 rings (SSSR count). The summed E-state index contributed by atoms with van der Waals surface area (Å²) in [6.45, 7) is 7.02. The molecular weight excluding hydrogens is 498 g/mol. The van der Waals surface area contributed by atoms with Gasteiger partial charge in [0.2, 0.25) is 0 Å². The number of thioether (sulfide) groups is 1. The molecule has 2 aromatic rings. The van der Waals surface area contributed by atoms with Crippen molar-refractivity contribution < 1.29 is 31.5 Å². The summed E-state index contributed by atoms with van der Waals surface area (Å²) < 4.78 is 69.5. The van der Waals surface area contributed by atoms with E-state index >= 15 is 0 Å². The van der Waals surface area contributed by atoms with Crippen LogP contribution in [0.2, 0.25) is 0 Å². The van der Waals surface area contributed by atoms with Gasteiger partial charge in [0, 0.05) is 10.6 Å². The summed E-state index contributed by atoms with van der Waals surface area (Å²) in [6, 6.07) is 12.7. The lowest BCUT2D eigenvalue weighted by atomic mass is 10.2. The number of benzene rings is 2. The SMILES string of the molecule is CSc1ccc(C(Nc2ccc(OC(F)(F)C(F)Cl)cc2)P(=O)(OC(C)C)OC(C)C)cc1. The predicted molar refractivity (Wildman–Crippen MR) is 127 cm³/mol. The van der Waals surface area contributed by atoms with Crippen molar-refractivity contribution in [3.63, 3.8) is 0 Å². The van der Waals surface area contributed by atoms with E-state index in [1.165, 1.54) is 24.3 Å². The van der Waals surface area contributed by atoms with Crippen LogP contribution < -0.4 is 10.1 Å². The van der Waals surface area contributed by atoms with Crippen LogP contribution in [0.1, 0.15) is 39.0 Å². The topological polar surface area (TPSA) is 56.8 Å². The molecule has 0 aliphatic rings. The van der Waals surface area contributed by atoms with Crippen LogP contribution in [-0.2, 0) is 13.6 Å². The number of rotatable bonds is 12. The Balaban J connectivity index is 2.40. The van der Waals surface area contributed by atoms with Crippen molar-refractivity contribution >= 4 is 36.6 Å². The van der Waals surface area contributed by atoms with Gasteiger partial charge in [-0.25, -0.2) is 4.39 Å². The summed E-state index contributed by atoms with van der Waals surface area (Å²) in [7, 11) is -3.75. The van der Waals surface area contributed by atoms with Gasteiger partial charge in [-0.05, 0) is 75.9 Å². The van der Waals surface area contributed by atoms with E-state index in [-0.39, 0.29) is 18.0 Å². The van der Waals surface area contributed by atoms with Gasteiger partial charge in [-0.1, -0.05) is 23.7 Å². The fourth-order valence-electron chi connectivity index (χ4n) is 2.84. The molecule has 2 unspecified atom stereocenters. The maximum Gasteiger partial charge on any atom is 0.444 e. The molecule has 0 saturated heterocycles. The summed E-state index contributed by atoms with van der Waals surface area (Å²) in [5.41, 5.74) is -1.89. The smallest absolute Gasteiger partial charge is 0.429 e. The molecule has 2 atom stereocenters. The number of alkyl halides is 4. The minimum absolute atomic E-state index is 0.283. The van der Waals surface area contributed by atoms with Gasteiger partial charge in [0.1, 0.15) is 5.75 Å². The maximum absolute atomic E-state index is 13.9. The zero-order valence-corrected chi connectivity index (χ0v) is 21.4. The van der Waals surface area contributed by atoms with E-state index in [1.807, 2.05) is 30.5 Å². The van der Waals surface area contributed by atoms with Gasteiger partial charge in [0.05, 0.1) is 12.2 Å². The van der Waals surface area contributed by atoms with Crippen LogP contribution >= 0.6 is 31.0 Å². The first-order valence-corrected chi connectivity index (χ1v) is 13.5. The average molecular weight is 526 g/mol. The number of hydrogen-bond donors (Lipinski definition) is 1. The highest BCUT2D eigenvalue weighted by atomic mass is 35.5. The highest BCUT2D eigenvalue weighted by Crippen LogP contribution is 2.62. The molecular formula is C22H28ClF3NO4PS. The van der Waals surface area contributed by atoms with Crippen molar-refractivity contribution in [3.05, 3.63) is 54.1 Å². The highest BCUT2D eigenvalue weighted by molar-refractivity contribution is 7.98. The van der Waals surface area contributed by atoms with Gasteiger partial charge in [0.25, 0.3) is 5.63 Å². The second kappa shape index (κ2) is 11.8. The van der Waals surface area contributed by atoms with Crippen LogP contribution in [0, 0.1) is 0 Å². The minimum Gasteiger partial charge on any atom is -0.429 e. The molecule has 0 saturated carbocycles. The van der Waals surface area contributed by atoms with Crippen molar-refractivity contribution in [1.82, 2.24) is 0 Å². The van der Waals surface area contributed by atoms with Crippen LogP contribution in [0.3, 0.4) is 0 Å². The first kappa shape index (κ1) is 27.9. The van der Waals surface area contributed by atoms with Crippen molar-refractivity contribution in [1.29, 1.82) is 0 Å². The molecule has 0 amide bonds. The second-order valence-corrected chi connectivity index (χ2v) is 10.9. The zero-order chi connectivity index (χ0) is 24.8. The van der Waals surface area contributed by atoms with E-state index in [9.17, 15) is 17.7 Å². The van der Waals surface area contributed by atoms with E-state index in [0.717, 1.165) is 4.90 Å². The van der Waals surface area contributed by atoms with E-state index in [0.29, 0.717) is 11.3 Å². The van der Waals surface area contributed by atoms with Gasteiger partial charge < -0.3 is 19.1 Å². The summed E-state index contributed by atoms with van der Waals surface area (Å²) in [5, 5.41) is 3.13. The Morgan fingerprint density at radius 1 is 0.970 bits per heavy atom. The van der Waals surface area contributed by atoms with Gasteiger partial charge >= 0.3 is 13.7 Å². The molecule has 1 N–H and O–H groups in total. The Labute approximate surface area is 201 Å². The summed E-state index contributed by atoms with van der Waals surface area (Å²) in [5.74, 6) is -1.17. The van der Waals surface area contributed by atoms with E-state index in [4.69, 9.17) is 20.6 Å². The largest absolute Gasteiger partial charge is 0.444 e. The lowest BCUT2D eigenvalue weighted by Crippen LogP contribution is -2.32. The van der Waals surface area contributed by atoms with Crippen molar-refractivity contribution in [3.8, 4) is 5.75 Å². The minimum atomic E-state index is -4.18. The van der Waals surface area contributed by atoms with Crippen LogP contribution in [0.4, 0.5) is 18.9 Å². The van der Waals surface area contributed by atoms with Crippen LogP contribution in [-0.4, -0.2) is 30.2 Å². The Kier molecular flexibility index (Phi) is 10.0. The Morgan fingerprint density at radius 2 is 1.48 bits per heavy atom. The van der Waals surface area contributed by atoms with E-state index < -0.39 is 25.1 Å². The molecule has 0 aliphatic heterocycles. The molecule has 0 radical (unpaired) electrons. The van der Waals surface area contributed by atoms with Gasteiger partial charge in [-0.3, -0.25) is 4.57 Å². The molecule has 184 valence electrons. The fraction of sp³-hybridized carbons (Fsp3) is 0.455. The lowest BCUT2D eigenvalue weighted by Gasteiger charge is -2.31. The van der Waals surface area contributed by atoms with Crippen LogP contribution in [0.5, 0.6) is 5.75 Å². The molecule has 0 bridgehead atoms. The Morgan fingerprint density at radius 3 is 1.91 bits per heavy atom. The molecule has 0 aliphatic carbocycles. The lowest BCUT2D eigenvalue weighted by molar-refractivity contribution is -0.199. The number of anilines is 1. The number of ether oxygens (including phenoxy) is 1. The third kappa shape index (κ3) is 8.11. The number of nitrogens with one attached hydrogen (secondary N) is 1. The highest BCUT2D eigenvalue weighted by Gasteiger charge is 2.42. The average Bonchev–Trinajstić information content (AvgIpc) is 2.71. The van der Waals surface area contributed by atoms with Crippen LogP contribution in [0.25, 0.3) is 0 Å². The normalized spacial score (nSPS) is 14.4. The second-order valence-electron chi connectivity index (χ2n) is 7.66. The summed E-state index contributed by atoms with van der Waals surface area (Å²) in [6.07, 6.45) is -3.00. The molecule has 0 aromatic heterocycles. The molecule has 0 spiro atoms. The quantitative estimate of drug-likeness (QED) is 0.172. The van der Waals surface area contributed by atoms with Crippen molar-refractivity contribution in [2.45, 2.75) is 62.3 Å². The number of hydrogen-bond acceptors (Lipinski definition) is 6. The monoisotopic (exact) mass is 525 g/mol. The Hall–Kier alpha value is -1.38. The molecule has 0 fully saturated rings. The van der Waals surface area contributed by atoms with E-state index in [1.54, 1.807) is 39.5 Å². The molecule has 2 aromatic carbocycles.